The van der Waals surface area contributed by atoms with Crippen molar-refractivity contribution in [3.8, 4) is 22.9 Å². The highest BCUT2D eigenvalue weighted by Gasteiger charge is 2.14. The summed E-state index contributed by atoms with van der Waals surface area (Å²) < 4.78 is 23.4. The van der Waals surface area contributed by atoms with Gasteiger partial charge in [-0.05, 0) is 24.3 Å². The van der Waals surface area contributed by atoms with E-state index in [0.717, 1.165) is 0 Å². The molecule has 0 aliphatic heterocycles. The Morgan fingerprint density at radius 3 is 2.26 bits per heavy atom. The molecule has 138 valence electrons. The van der Waals surface area contributed by atoms with E-state index in [4.69, 9.17) is 21.1 Å². The maximum Gasteiger partial charge on any atom is 0.258 e. The quantitative estimate of drug-likeness (QED) is 0.710. The monoisotopic (exact) mass is 387 g/mol. The lowest BCUT2D eigenvalue weighted by atomic mass is 10.2. The third kappa shape index (κ3) is 4.15. The summed E-state index contributed by atoms with van der Waals surface area (Å²) >= 11 is 6.06. The second-order valence-electron chi connectivity index (χ2n) is 5.44. The third-order valence-corrected chi connectivity index (χ3v) is 4.03. The average Bonchev–Trinajstić information content (AvgIpc) is 2.69. The van der Waals surface area contributed by atoms with Crippen LogP contribution in [0.15, 0.2) is 48.8 Å². The number of carbonyl (C=O) groups is 1. The zero-order valence-electron chi connectivity index (χ0n) is 14.5. The van der Waals surface area contributed by atoms with E-state index in [2.05, 4.69) is 15.3 Å². The number of benzene rings is 2. The summed E-state index contributed by atoms with van der Waals surface area (Å²) in [6, 6.07) is 8.88. The minimum atomic E-state index is -0.427. The fraction of sp³-hybridized carbons (Fsp3) is 0.105. The minimum Gasteiger partial charge on any atom is -0.495 e. The van der Waals surface area contributed by atoms with Crippen molar-refractivity contribution in [2.75, 3.05) is 19.5 Å². The first-order valence-electron chi connectivity index (χ1n) is 7.82. The van der Waals surface area contributed by atoms with Gasteiger partial charge in [0.05, 0.1) is 30.5 Å². The van der Waals surface area contributed by atoms with Crippen molar-refractivity contribution in [3.63, 3.8) is 0 Å². The molecule has 0 unspecified atom stereocenters. The molecule has 1 amide bonds. The smallest absolute Gasteiger partial charge is 0.258 e. The molecular weight excluding hydrogens is 373 g/mol. The summed E-state index contributed by atoms with van der Waals surface area (Å²) in [5, 5.41) is 3.07. The molecule has 0 aliphatic carbocycles. The summed E-state index contributed by atoms with van der Waals surface area (Å²) in [5.41, 5.74) is 1.29. The third-order valence-electron chi connectivity index (χ3n) is 3.74. The normalized spacial score (nSPS) is 10.4. The van der Waals surface area contributed by atoms with Gasteiger partial charge in [-0.3, -0.25) is 4.79 Å². The number of carbonyl (C=O) groups excluding carboxylic acids is 1. The number of halogens is 2. The number of ether oxygens (including phenoxy) is 2. The molecule has 2 aromatic carbocycles. The van der Waals surface area contributed by atoms with Crippen LogP contribution in [0.1, 0.15) is 10.4 Å². The number of methoxy groups -OCH3 is 2. The van der Waals surface area contributed by atoms with Gasteiger partial charge in [0.2, 0.25) is 0 Å². The van der Waals surface area contributed by atoms with Gasteiger partial charge in [-0.1, -0.05) is 11.6 Å². The lowest BCUT2D eigenvalue weighted by molar-refractivity contribution is 0.102. The van der Waals surface area contributed by atoms with Crippen LogP contribution in [0.3, 0.4) is 0 Å². The van der Waals surface area contributed by atoms with Gasteiger partial charge in [0.1, 0.15) is 17.3 Å². The number of nitrogens with one attached hydrogen (secondary N) is 1. The van der Waals surface area contributed by atoms with Crippen LogP contribution in [0, 0.1) is 5.82 Å². The molecule has 3 aromatic rings. The van der Waals surface area contributed by atoms with Gasteiger partial charge in [-0.2, -0.15) is 0 Å². The second-order valence-corrected chi connectivity index (χ2v) is 5.85. The van der Waals surface area contributed by atoms with Crippen LogP contribution >= 0.6 is 11.6 Å². The number of nitrogens with zero attached hydrogens (tertiary/aromatic N) is 2. The maximum absolute atomic E-state index is 13.0. The zero-order chi connectivity index (χ0) is 19.4. The van der Waals surface area contributed by atoms with Crippen LogP contribution in [0.5, 0.6) is 11.5 Å². The molecule has 0 fully saturated rings. The Bertz CT molecular complexity index is 963. The molecule has 1 N–H and O–H groups in total. The fourth-order valence-electron chi connectivity index (χ4n) is 2.35. The van der Waals surface area contributed by atoms with Crippen LogP contribution in [-0.2, 0) is 0 Å². The SMILES string of the molecule is COc1cc(NC(=O)c2cnc(-c3ccc(F)cc3)nc2)c(OC)cc1Cl. The van der Waals surface area contributed by atoms with Gasteiger partial charge in [0.25, 0.3) is 5.91 Å². The molecule has 0 radical (unpaired) electrons. The van der Waals surface area contributed by atoms with E-state index in [1.165, 1.54) is 38.7 Å². The van der Waals surface area contributed by atoms with Crippen molar-refractivity contribution in [2.45, 2.75) is 0 Å². The van der Waals surface area contributed by atoms with Crippen molar-refractivity contribution in [1.29, 1.82) is 0 Å². The Hall–Kier alpha value is -3.19. The molecule has 0 spiro atoms. The second kappa shape index (κ2) is 8.01. The van der Waals surface area contributed by atoms with Crippen LogP contribution in [0.25, 0.3) is 11.4 Å². The number of amides is 1. The molecule has 0 aliphatic rings. The molecule has 1 aromatic heterocycles. The van der Waals surface area contributed by atoms with Crippen molar-refractivity contribution in [2.24, 2.45) is 0 Å². The summed E-state index contributed by atoms with van der Waals surface area (Å²) in [7, 11) is 2.94. The zero-order valence-corrected chi connectivity index (χ0v) is 15.2. The van der Waals surface area contributed by atoms with Crippen molar-refractivity contribution >= 4 is 23.2 Å². The van der Waals surface area contributed by atoms with E-state index >= 15 is 0 Å². The van der Waals surface area contributed by atoms with E-state index in [9.17, 15) is 9.18 Å². The van der Waals surface area contributed by atoms with Crippen molar-refractivity contribution in [3.05, 3.63) is 65.2 Å². The molecule has 1 heterocycles. The highest BCUT2D eigenvalue weighted by molar-refractivity contribution is 6.32. The molecule has 0 saturated carbocycles. The van der Waals surface area contributed by atoms with Gasteiger partial charge in [-0.25, -0.2) is 14.4 Å². The van der Waals surface area contributed by atoms with E-state index in [1.54, 1.807) is 24.3 Å². The Morgan fingerprint density at radius 2 is 1.67 bits per heavy atom. The summed E-state index contributed by atoms with van der Waals surface area (Å²) in [6.45, 7) is 0. The Labute approximate surface area is 159 Å². The summed E-state index contributed by atoms with van der Waals surface area (Å²) in [4.78, 5) is 20.8. The fourth-order valence-corrected chi connectivity index (χ4v) is 2.58. The number of rotatable bonds is 5. The summed E-state index contributed by atoms with van der Waals surface area (Å²) in [5.74, 6) is 0.399. The van der Waals surface area contributed by atoms with Gasteiger partial charge >= 0.3 is 0 Å². The first-order valence-corrected chi connectivity index (χ1v) is 8.20. The molecule has 27 heavy (non-hydrogen) atoms. The Morgan fingerprint density at radius 1 is 1.04 bits per heavy atom. The topological polar surface area (TPSA) is 73.3 Å². The predicted molar refractivity (Wildman–Crippen MR) is 99.9 cm³/mol. The van der Waals surface area contributed by atoms with Crippen LogP contribution in [0.2, 0.25) is 5.02 Å². The average molecular weight is 388 g/mol. The molecule has 8 heteroatoms. The number of hydrogen-bond acceptors (Lipinski definition) is 5. The van der Waals surface area contributed by atoms with E-state index in [-0.39, 0.29) is 11.4 Å². The lowest BCUT2D eigenvalue weighted by Crippen LogP contribution is -2.13. The molecule has 3 rings (SSSR count). The number of anilines is 1. The molecular formula is C19H15ClFN3O3. The van der Waals surface area contributed by atoms with E-state index in [1.807, 2.05) is 0 Å². The molecule has 0 saturated heterocycles. The molecule has 6 nitrogen and oxygen atoms in total. The highest BCUT2D eigenvalue weighted by Crippen LogP contribution is 2.36. The molecule has 0 bridgehead atoms. The van der Waals surface area contributed by atoms with E-state index < -0.39 is 5.91 Å². The van der Waals surface area contributed by atoms with Gasteiger partial charge < -0.3 is 14.8 Å². The maximum atomic E-state index is 13.0. The largest absolute Gasteiger partial charge is 0.495 e. The number of aromatic nitrogens is 2. The Kier molecular flexibility index (Phi) is 5.52. The van der Waals surface area contributed by atoms with Crippen LogP contribution in [0.4, 0.5) is 10.1 Å². The van der Waals surface area contributed by atoms with Gasteiger partial charge in [-0.15, -0.1) is 0 Å². The first-order chi connectivity index (χ1) is 13.0. The predicted octanol–water partition coefficient (Wildman–Crippen LogP) is 4.21. The van der Waals surface area contributed by atoms with Crippen LogP contribution < -0.4 is 14.8 Å². The first kappa shape index (κ1) is 18.6. The number of hydrogen-bond donors (Lipinski definition) is 1. The van der Waals surface area contributed by atoms with Gasteiger partial charge in [0, 0.05) is 30.1 Å². The van der Waals surface area contributed by atoms with Crippen molar-refractivity contribution in [1.82, 2.24) is 9.97 Å². The van der Waals surface area contributed by atoms with Crippen LogP contribution in [-0.4, -0.2) is 30.1 Å². The van der Waals surface area contributed by atoms with Crippen molar-refractivity contribution < 1.29 is 18.7 Å². The highest BCUT2D eigenvalue weighted by atomic mass is 35.5. The lowest BCUT2D eigenvalue weighted by Gasteiger charge is -2.13. The standard InChI is InChI=1S/C19H15ClFN3O3/c1-26-16-8-15(17(27-2)7-14(16)20)24-19(25)12-9-22-18(23-10-12)11-3-5-13(21)6-4-11/h3-10H,1-2H3,(H,24,25). The Balaban J connectivity index is 1.81. The van der Waals surface area contributed by atoms with Gasteiger partial charge in [0.15, 0.2) is 5.82 Å². The minimum absolute atomic E-state index is 0.247. The summed E-state index contributed by atoms with van der Waals surface area (Å²) in [6.07, 6.45) is 2.78. The molecule has 0 atom stereocenters. The van der Waals surface area contributed by atoms with E-state index in [0.29, 0.717) is 33.6 Å².